The van der Waals surface area contributed by atoms with Gasteiger partial charge in [0.05, 0.1) is 27.6 Å². The van der Waals surface area contributed by atoms with Crippen molar-refractivity contribution in [3.05, 3.63) is 52.8 Å². The molecule has 0 unspecified atom stereocenters. The van der Waals surface area contributed by atoms with Crippen molar-refractivity contribution < 1.29 is 0 Å². The zero-order chi connectivity index (χ0) is 15.1. The van der Waals surface area contributed by atoms with Crippen LogP contribution in [0, 0.1) is 0 Å². The summed E-state index contributed by atoms with van der Waals surface area (Å²) in [4.78, 5) is 9.06. The maximum Gasteiger partial charge on any atom is 0.150 e. The molecule has 0 aliphatic rings. The van der Waals surface area contributed by atoms with Gasteiger partial charge in [-0.2, -0.15) is 0 Å². The van der Waals surface area contributed by atoms with Crippen LogP contribution in [0.5, 0.6) is 0 Å². The van der Waals surface area contributed by atoms with Crippen LogP contribution in [0.15, 0.2) is 51.5 Å². The molecule has 0 saturated carbocycles. The van der Waals surface area contributed by atoms with Gasteiger partial charge in [0.2, 0.25) is 0 Å². The molecule has 0 fully saturated rings. The van der Waals surface area contributed by atoms with Crippen molar-refractivity contribution in [3.8, 4) is 0 Å². The van der Waals surface area contributed by atoms with Crippen LogP contribution in [0.1, 0.15) is 5.56 Å². The lowest BCUT2D eigenvalue weighted by molar-refractivity contribution is 0.826. The number of hydrogen-bond acceptors (Lipinski definition) is 4. The van der Waals surface area contributed by atoms with E-state index in [1.807, 2.05) is 12.4 Å². The Morgan fingerprint density at radius 2 is 2.09 bits per heavy atom. The maximum absolute atomic E-state index is 4.59. The summed E-state index contributed by atoms with van der Waals surface area (Å²) in [6, 6.07) is 12.7. The van der Waals surface area contributed by atoms with Crippen LogP contribution >= 0.6 is 39.0 Å². The molecule has 4 rings (SSSR count). The van der Waals surface area contributed by atoms with Crippen molar-refractivity contribution in [2.24, 2.45) is 0 Å². The highest BCUT2D eigenvalue weighted by atomic mass is 79.9. The maximum atomic E-state index is 4.59. The van der Waals surface area contributed by atoms with Crippen LogP contribution in [0.3, 0.4) is 0 Å². The van der Waals surface area contributed by atoms with Gasteiger partial charge in [-0.15, -0.1) is 11.3 Å². The minimum absolute atomic E-state index is 0.820. The van der Waals surface area contributed by atoms with Crippen LogP contribution in [-0.4, -0.2) is 20.8 Å². The van der Waals surface area contributed by atoms with E-state index in [1.54, 1.807) is 23.1 Å². The summed E-state index contributed by atoms with van der Waals surface area (Å²) in [7, 11) is 0. The molecule has 0 aliphatic heterocycles. The van der Waals surface area contributed by atoms with E-state index >= 15 is 0 Å². The number of aromatic nitrogens is 3. The molecule has 2 heterocycles. The van der Waals surface area contributed by atoms with Crippen LogP contribution in [0.4, 0.5) is 0 Å². The molecule has 110 valence electrons. The number of hydrogen-bond donors (Lipinski definition) is 0. The van der Waals surface area contributed by atoms with E-state index in [-0.39, 0.29) is 0 Å². The fraction of sp³-hybridized carbons (Fsp3) is 0.125. The monoisotopic (exact) mass is 389 g/mol. The number of thioether (sulfide) groups is 1. The summed E-state index contributed by atoms with van der Waals surface area (Å²) in [5.74, 6) is 0. The molecule has 6 heteroatoms. The predicted molar refractivity (Wildman–Crippen MR) is 97.9 cm³/mol. The molecule has 0 atom stereocenters. The van der Waals surface area contributed by atoms with Crippen molar-refractivity contribution in [1.82, 2.24) is 14.5 Å². The quantitative estimate of drug-likeness (QED) is 0.452. The van der Waals surface area contributed by atoms with E-state index in [0.29, 0.717) is 0 Å². The van der Waals surface area contributed by atoms with Gasteiger partial charge in [-0.05, 0) is 42.2 Å². The lowest BCUT2D eigenvalue weighted by atomic mass is 10.2. The Bertz CT molecular complexity index is 974. The molecule has 0 bridgehead atoms. The third-order valence-corrected chi connectivity index (χ3v) is 6.04. The van der Waals surface area contributed by atoms with Crippen LogP contribution in [-0.2, 0) is 6.54 Å². The first-order valence-corrected chi connectivity index (χ1v) is 9.60. The molecule has 2 aromatic heterocycles. The average Bonchev–Trinajstić information content (AvgIpc) is 3.10. The summed E-state index contributed by atoms with van der Waals surface area (Å²) in [5.41, 5.74) is 4.51. The largest absolute Gasteiger partial charge is 0.326 e. The Labute approximate surface area is 144 Å². The molecule has 0 amide bonds. The first-order chi connectivity index (χ1) is 10.7. The van der Waals surface area contributed by atoms with E-state index in [9.17, 15) is 0 Å². The first-order valence-electron chi connectivity index (χ1n) is 6.77. The summed E-state index contributed by atoms with van der Waals surface area (Å²) >= 11 is 6.94. The molecule has 0 aliphatic carbocycles. The Hall–Kier alpha value is -1.37. The molecule has 3 nitrogen and oxygen atoms in total. The second-order valence-electron chi connectivity index (χ2n) is 4.99. The third kappa shape index (κ3) is 2.55. The average molecular weight is 390 g/mol. The molecule has 4 aromatic rings. The predicted octanol–water partition coefficient (Wildman–Crippen LogP) is 5.18. The van der Waals surface area contributed by atoms with Crippen molar-refractivity contribution in [1.29, 1.82) is 0 Å². The summed E-state index contributed by atoms with van der Waals surface area (Å²) in [5, 5.41) is 0. The lowest BCUT2D eigenvalue weighted by Crippen LogP contribution is -1.97. The third-order valence-electron chi connectivity index (χ3n) is 3.54. The number of imidazole rings is 1. The highest BCUT2D eigenvalue weighted by molar-refractivity contribution is 9.10. The van der Waals surface area contributed by atoms with Crippen molar-refractivity contribution in [2.75, 3.05) is 6.26 Å². The minimum atomic E-state index is 0.820. The Balaban J connectivity index is 1.72. The SMILES string of the molecule is CSc1nc2ccc(Cn3cnc4cc(Br)ccc43)cc2s1. The van der Waals surface area contributed by atoms with E-state index in [4.69, 9.17) is 0 Å². The van der Waals surface area contributed by atoms with E-state index in [2.05, 4.69) is 67.1 Å². The molecular formula is C16H12BrN3S2. The lowest BCUT2D eigenvalue weighted by Gasteiger charge is -2.04. The molecular weight excluding hydrogens is 378 g/mol. The first kappa shape index (κ1) is 14.2. The minimum Gasteiger partial charge on any atom is -0.326 e. The van der Waals surface area contributed by atoms with Gasteiger partial charge in [-0.1, -0.05) is 33.8 Å². The Morgan fingerprint density at radius 3 is 2.95 bits per heavy atom. The zero-order valence-corrected chi connectivity index (χ0v) is 15.0. The summed E-state index contributed by atoms with van der Waals surface area (Å²) in [6.07, 6.45) is 3.97. The Kier molecular flexibility index (Phi) is 3.68. The zero-order valence-electron chi connectivity index (χ0n) is 11.8. The number of thiazole rings is 1. The van der Waals surface area contributed by atoms with Crippen molar-refractivity contribution >= 4 is 60.3 Å². The van der Waals surface area contributed by atoms with Gasteiger partial charge >= 0.3 is 0 Å². The summed E-state index contributed by atoms with van der Waals surface area (Å²) in [6.45, 7) is 0.820. The Morgan fingerprint density at radius 1 is 1.18 bits per heavy atom. The van der Waals surface area contributed by atoms with Crippen LogP contribution in [0.25, 0.3) is 21.3 Å². The fourth-order valence-corrected chi connectivity index (χ4v) is 4.40. The number of nitrogens with zero attached hydrogens (tertiary/aromatic N) is 3. The van der Waals surface area contributed by atoms with Gasteiger partial charge in [-0.3, -0.25) is 0 Å². The normalized spacial score (nSPS) is 11.5. The molecule has 0 saturated heterocycles. The smallest absolute Gasteiger partial charge is 0.150 e. The molecule has 0 spiro atoms. The van der Waals surface area contributed by atoms with Gasteiger partial charge in [0.15, 0.2) is 4.34 Å². The van der Waals surface area contributed by atoms with Crippen LogP contribution in [0.2, 0.25) is 0 Å². The van der Waals surface area contributed by atoms with Gasteiger partial charge < -0.3 is 4.57 Å². The van der Waals surface area contributed by atoms with E-state index in [0.717, 1.165) is 31.9 Å². The van der Waals surface area contributed by atoms with E-state index in [1.165, 1.54) is 10.3 Å². The van der Waals surface area contributed by atoms with Gasteiger partial charge in [-0.25, -0.2) is 9.97 Å². The number of fused-ring (bicyclic) bond motifs is 2. The number of rotatable bonds is 3. The second-order valence-corrected chi connectivity index (χ2v) is 7.99. The molecule has 2 aromatic carbocycles. The van der Waals surface area contributed by atoms with Crippen molar-refractivity contribution in [3.63, 3.8) is 0 Å². The van der Waals surface area contributed by atoms with Crippen LogP contribution < -0.4 is 0 Å². The van der Waals surface area contributed by atoms with Crippen molar-refractivity contribution in [2.45, 2.75) is 10.9 Å². The molecule has 0 radical (unpaired) electrons. The van der Waals surface area contributed by atoms with Gasteiger partial charge in [0.1, 0.15) is 0 Å². The highest BCUT2D eigenvalue weighted by Gasteiger charge is 2.07. The standard InChI is InChI=1S/C16H12BrN3S2/c1-21-16-19-12-4-2-10(6-15(12)22-16)8-20-9-18-13-7-11(17)3-5-14(13)20/h2-7,9H,8H2,1H3. The molecule has 22 heavy (non-hydrogen) atoms. The topological polar surface area (TPSA) is 30.7 Å². The number of benzene rings is 2. The van der Waals surface area contributed by atoms with Gasteiger partial charge in [0.25, 0.3) is 0 Å². The summed E-state index contributed by atoms with van der Waals surface area (Å²) < 4.78 is 5.60. The van der Waals surface area contributed by atoms with E-state index < -0.39 is 0 Å². The second kappa shape index (κ2) is 5.68. The number of halogens is 1. The van der Waals surface area contributed by atoms with Gasteiger partial charge in [0, 0.05) is 11.0 Å². The fourth-order valence-electron chi connectivity index (χ4n) is 2.49. The molecule has 0 N–H and O–H groups in total. The highest BCUT2D eigenvalue weighted by Crippen LogP contribution is 2.29.